The highest BCUT2D eigenvalue weighted by Gasteiger charge is 2.20. The Morgan fingerprint density at radius 1 is 1.50 bits per heavy atom. The number of anilines is 1. The number of carbonyl (C=O) groups is 1. The zero-order valence-electron chi connectivity index (χ0n) is 9.15. The summed E-state index contributed by atoms with van der Waals surface area (Å²) in [7, 11) is 1.96. The Hall–Kier alpha value is -1.03. The Morgan fingerprint density at radius 3 is 2.94 bits per heavy atom. The van der Waals surface area contributed by atoms with Crippen LogP contribution in [-0.4, -0.2) is 30.9 Å². The molecule has 2 rings (SSSR count). The summed E-state index contributed by atoms with van der Waals surface area (Å²) < 4.78 is 13.3. The quantitative estimate of drug-likeness (QED) is 0.756. The standard InChI is InChI=1S/C12H14FNOS/c1-14(11-2-3-16-8-11)12-5-9(7-15)4-10(13)6-12/h4-7,11H,2-3,8H2,1H3. The van der Waals surface area contributed by atoms with Crippen molar-refractivity contribution in [1.29, 1.82) is 0 Å². The van der Waals surface area contributed by atoms with Crippen molar-refractivity contribution in [3.8, 4) is 0 Å². The summed E-state index contributed by atoms with van der Waals surface area (Å²) in [6.45, 7) is 0. The first kappa shape index (κ1) is 11.5. The number of hydrogen-bond donors (Lipinski definition) is 0. The summed E-state index contributed by atoms with van der Waals surface area (Å²) in [4.78, 5) is 12.7. The molecule has 1 aromatic carbocycles. The lowest BCUT2D eigenvalue weighted by Crippen LogP contribution is -2.31. The molecule has 1 atom stereocenters. The van der Waals surface area contributed by atoms with Crippen molar-refractivity contribution in [2.24, 2.45) is 0 Å². The van der Waals surface area contributed by atoms with E-state index in [0.29, 0.717) is 17.9 Å². The molecule has 2 nitrogen and oxygen atoms in total. The van der Waals surface area contributed by atoms with Crippen LogP contribution >= 0.6 is 11.8 Å². The van der Waals surface area contributed by atoms with Crippen LogP contribution in [0.3, 0.4) is 0 Å². The largest absolute Gasteiger partial charge is 0.371 e. The maximum absolute atomic E-state index is 13.3. The van der Waals surface area contributed by atoms with Gasteiger partial charge in [-0.05, 0) is 30.4 Å². The second kappa shape index (κ2) is 4.87. The highest BCUT2D eigenvalue weighted by molar-refractivity contribution is 7.99. The van der Waals surface area contributed by atoms with Gasteiger partial charge in [0, 0.05) is 30.1 Å². The van der Waals surface area contributed by atoms with Gasteiger partial charge in [-0.3, -0.25) is 4.79 Å². The average molecular weight is 239 g/mol. The number of thioether (sulfide) groups is 1. The fourth-order valence-electron chi connectivity index (χ4n) is 1.91. The molecule has 0 radical (unpaired) electrons. The second-order valence-corrected chi connectivity index (χ2v) is 5.14. The van der Waals surface area contributed by atoms with Crippen LogP contribution in [0.4, 0.5) is 10.1 Å². The van der Waals surface area contributed by atoms with Gasteiger partial charge in [0.1, 0.15) is 12.1 Å². The molecular weight excluding hydrogens is 225 g/mol. The van der Waals surface area contributed by atoms with Gasteiger partial charge in [0.15, 0.2) is 0 Å². The van der Waals surface area contributed by atoms with Crippen LogP contribution in [0.2, 0.25) is 0 Å². The summed E-state index contributed by atoms with van der Waals surface area (Å²) in [6.07, 6.45) is 1.80. The lowest BCUT2D eigenvalue weighted by atomic mass is 10.1. The summed E-state index contributed by atoms with van der Waals surface area (Å²) >= 11 is 1.91. The van der Waals surface area contributed by atoms with Crippen LogP contribution < -0.4 is 4.90 Å². The number of halogens is 1. The van der Waals surface area contributed by atoms with E-state index in [1.54, 1.807) is 6.07 Å². The van der Waals surface area contributed by atoms with E-state index in [0.717, 1.165) is 23.6 Å². The molecule has 1 aromatic rings. The minimum atomic E-state index is -0.350. The molecule has 0 aliphatic carbocycles. The van der Waals surface area contributed by atoms with E-state index < -0.39 is 0 Å². The van der Waals surface area contributed by atoms with Crippen molar-refractivity contribution < 1.29 is 9.18 Å². The molecule has 0 amide bonds. The summed E-state index contributed by atoms with van der Waals surface area (Å²) in [5.74, 6) is 1.88. The van der Waals surface area contributed by atoms with Crippen molar-refractivity contribution in [1.82, 2.24) is 0 Å². The van der Waals surface area contributed by atoms with Gasteiger partial charge in [-0.25, -0.2) is 4.39 Å². The Kier molecular flexibility index (Phi) is 3.49. The number of aldehydes is 1. The van der Waals surface area contributed by atoms with Gasteiger partial charge >= 0.3 is 0 Å². The zero-order chi connectivity index (χ0) is 11.5. The predicted molar refractivity (Wildman–Crippen MR) is 65.9 cm³/mol. The third-order valence-corrected chi connectivity index (χ3v) is 4.05. The van der Waals surface area contributed by atoms with Gasteiger partial charge in [-0.1, -0.05) is 0 Å². The minimum Gasteiger partial charge on any atom is -0.371 e. The molecule has 86 valence electrons. The van der Waals surface area contributed by atoms with E-state index in [4.69, 9.17) is 0 Å². The first-order chi connectivity index (χ1) is 7.70. The molecule has 0 saturated carbocycles. The Morgan fingerprint density at radius 2 is 2.31 bits per heavy atom. The average Bonchev–Trinajstić information content (AvgIpc) is 2.80. The SMILES string of the molecule is CN(c1cc(F)cc(C=O)c1)C1CCSC1. The highest BCUT2D eigenvalue weighted by atomic mass is 32.2. The fraction of sp³-hybridized carbons (Fsp3) is 0.417. The van der Waals surface area contributed by atoms with E-state index in [-0.39, 0.29) is 5.82 Å². The number of carbonyl (C=O) groups excluding carboxylic acids is 1. The van der Waals surface area contributed by atoms with Crippen LogP contribution in [0.1, 0.15) is 16.8 Å². The summed E-state index contributed by atoms with van der Waals surface area (Å²) in [6, 6.07) is 4.93. The van der Waals surface area contributed by atoms with Gasteiger partial charge < -0.3 is 4.90 Å². The predicted octanol–water partition coefficient (Wildman–Crippen LogP) is 2.58. The first-order valence-corrected chi connectivity index (χ1v) is 6.42. The van der Waals surface area contributed by atoms with Crippen LogP contribution in [0.25, 0.3) is 0 Å². The Bertz CT molecular complexity index is 391. The molecule has 1 heterocycles. The normalized spacial score (nSPS) is 19.8. The molecule has 1 aliphatic rings. The summed E-state index contributed by atoms with van der Waals surface area (Å²) in [5.41, 5.74) is 1.18. The van der Waals surface area contributed by atoms with Gasteiger partial charge in [0.2, 0.25) is 0 Å². The zero-order valence-corrected chi connectivity index (χ0v) is 9.97. The number of hydrogen-bond acceptors (Lipinski definition) is 3. The highest BCUT2D eigenvalue weighted by Crippen LogP contribution is 2.26. The molecule has 1 fully saturated rings. The minimum absolute atomic E-state index is 0.350. The molecule has 1 unspecified atom stereocenters. The van der Waals surface area contributed by atoms with Crippen molar-refractivity contribution in [3.05, 3.63) is 29.6 Å². The maximum atomic E-state index is 13.3. The van der Waals surface area contributed by atoms with E-state index >= 15 is 0 Å². The molecule has 1 aliphatic heterocycles. The first-order valence-electron chi connectivity index (χ1n) is 5.27. The lowest BCUT2D eigenvalue weighted by molar-refractivity contribution is 0.112. The number of benzene rings is 1. The van der Waals surface area contributed by atoms with Crippen molar-refractivity contribution in [3.63, 3.8) is 0 Å². The van der Waals surface area contributed by atoms with Gasteiger partial charge in [-0.2, -0.15) is 11.8 Å². The van der Waals surface area contributed by atoms with Gasteiger partial charge in [-0.15, -0.1) is 0 Å². The van der Waals surface area contributed by atoms with E-state index in [1.165, 1.54) is 12.1 Å². The Balaban J connectivity index is 2.24. The van der Waals surface area contributed by atoms with E-state index in [1.807, 2.05) is 18.8 Å². The van der Waals surface area contributed by atoms with E-state index in [2.05, 4.69) is 4.90 Å². The second-order valence-electron chi connectivity index (χ2n) is 3.99. The fourth-order valence-corrected chi connectivity index (χ4v) is 3.17. The van der Waals surface area contributed by atoms with E-state index in [9.17, 15) is 9.18 Å². The van der Waals surface area contributed by atoms with Crippen molar-refractivity contribution in [2.45, 2.75) is 12.5 Å². The van der Waals surface area contributed by atoms with Crippen LogP contribution in [0.15, 0.2) is 18.2 Å². The van der Waals surface area contributed by atoms with Crippen LogP contribution in [-0.2, 0) is 0 Å². The lowest BCUT2D eigenvalue weighted by Gasteiger charge is -2.26. The smallest absolute Gasteiger partial charge is 0.150 e. The topological polar surface area (TPSA) is 20.3 Å². The third kappa shape index (κ3) is 2.38. The molecule has 4 heteroatoms. The van der Waals surface area contributed by atoms with Crippen molar-refractivity contribution >= 4 is 23.7 Å². The molecule has 1 saturated heterocycles. The number of rotatable bonds is 3. The summed E-state index contributed by atoms with van der Waals surface area (Å²) in [5, 5.41) is 0. The van der Waals surface area contributed by atoms with Gasteiger partial charge in [0.25, 0.3) is 0 Å². The maximum Gasteiger partial charge on any atom is 0.150 e. The molecule has 0 spiro atoms. The Labute approximate surface area is 98.8 Å². The third-order valence-electron chi connectivity index (χ3n) is 2.90. The molecule has 0 bridgehead atoms. The van der Waals surface area contributed by atoms with Crippen molar-refractivity contribution in [2.75, 3.05) is 23.5 Å². The molecule has 16 heavy (non-hydrogen) atoms. The molecule has 0 aromatic heterocycles. The monoisotopic (exact) mass is 239 g/mol. The van der Waals surface area contributed by atoms with Gasteiger partial charge in [0.05, 0.1) is 0 Å². The number of nitrogens with zero attached hydrogens (tertiary/aromatic N) is 1. The van der Waals surface area contributed by atoms with Crippen LogP contribution in [0.5, 0.6) is 0 Å². The van der Waals surface area contributed by atoms with Crippen LogP contribution in [0, 0.1) is 5.82 Å². The molecule has 0 N–H and O–H groups in total. The molecular formula is C12H14FNOS.